The summed E-state index contributed by atoms with van der Waals surface area (Å²) in [7, 11) is -19.2. The smallest absolute Gasteiger partial charge is 0.339 e. The van der Waals surface area contributed by atoms with Crippen LogP contribution in [0.1, 0.15) is 11.1 Å². The molecule has 0 saturated heterocycles. The van der Waals surface area contributed by atoms with Crippen molar-refractivity contribution in [3.05, 3.63) is 47.5 Å². The van der Waals surface area contributed by atoms with Gasteiger partial charge in [-0.2, -0.15) is 0 Å². The van der Waals surface area contributed by atoms with Crippen LogP contribution in [0.3, 0.4) is 0 Å². The number of carboxylic acids is 2. The Morgan fingerprint density at radius 1 is 0.500 bits per heavy atom. The Bertz CT molecular complexity index is 1460. The van der Waals surface area contributed by atoms with E-state index in [1.165, 1.54) is 12.1 Å². The third kappa shape index (κ3) is 17.0. The molecular weight excluding hydrogens is 736 g/mol. The highest BCUT2D eigenvalue weighted by molar-refractivity contribution is 7.53. The molecule has 2 aromatic carbocycles. The van der Waals surface area contributed by atoms with Crippen LogP contribution in [0, 0.1) is 0 Å². The number of rotatable bonds is 16. The van der Waals surface area contributed by atoms with Crippen molar-refractivity contribution in [2.45, 2.75) is 24.9 Å². The van der Waals surface area contributed by atoms with Gasteiger partial charge in [0.2, 0.25) is 0 Å². The molecule has 0 aliphatic rings. The lowest BCUT2D eigenvalue weighted by Crippen LogP contribution is -2.43. The summed E-state index contributed by atoms with van der Waals surface area (Å²) in [5.74, 6) is -5.10. The van der Waals surface area contributed by atoms with Gasteiger partial charge in [0, 0.05) is 0 Å². The monoisotopic (exact) mass is 770 g/mol. The number of aromatic hydroxyl groups is 4. The molecule has 0 aliphatic heterocycles. The van der Waals surface area contributed by atoms with Crippen LogP contribution in [0.2, 0.25) is 0 Å². The molecule has 0 aromatic heterocycles. The van der Waals surface area contributed by atoms with Crippen molar-refractivity contribution < 1.29 is 97.6 Å². The molecule has 2 aromatic rings. The molecule has 0 heterocycles. The Labute approximate surface area is 270 Å². The molecule has 48 heavy (non-hydrogen) atoms. The van der Waals surface area contributed by atoms with E-state index < -0.39 is 115 Å². The Kier molecular flexibility index (Phi) is 15.4. The van der Waals surface area contributed by atoms with E-state index in [2.05, 4.69) is 0 Å². The van der Waals surface area contributed by atoms with Gasteiger partial charge in [-0.3, -0.25) is 37.6 Å². The molecule has 2 atom stereocenters. The first-order chi connectivity index (χ1) is 21.6. The molecule has 272 valence electrons. The number of aliphatic carboxylic acids is 2. The third-order valence-electron chi connectivity index (χ3n) is 5.85. The average Bonchev–Trinajstić information content (AvgIpc) is 2.85. The van der Waals surface area contributed by atoms with Gasteiger partial charge in [0.25, 0.3) is 0 Å². The van der Waals surface area contributed by atoms with Gasteiger partial charge in [0.1, 0.15) is 37.2 Å². The summed E-state index contributed by atoms with van der Waals surface area (Å²) in [5.41, 5.74) is 0.359. The Morgan fingerprint density at radius 2 is 0.750 bits per heavy atom. The van der Waals surface area contributed by atoms with E-state index in [4.69, 9.17) is 39.1 Å². The largest absolute Gasteiger partial charge is 0.504 e. The van der Waals surface area contributed by atoms with Crippen molar-refractivity contribution >= 4 is 42.3 Å². The first kappa shape index (κ1) is 43.1. The summed E-state index contributed by atoms with van der Waals surface area (Å²) in [6.45, 7) is 0. The van der Waals surface area contributed by atoms with Gasteiger partial charge in [0.05, 0.1) is 0 Å². The zero-order chi connectivity index (χ0) is 37.4. The first-order valence-electron chi connectivity index (χ1n) is 12.7. The number of carbonyl (C=O) groups is 2. The molecule has 0 radical (unpaired) electrons. The van der Waals surface area contributed by atoms with Crippen LogP contribution in [-0.4, -0.2) is 129 Å². The minimum Gasteiger partial charge on any atom is -0.504 e. The molecule has 2 rings (SSSR count). The average molecular weight is 770 g/mol. The maximum atomic E-state index is 11.4. The second kappa shape index (κ2) is 17.2. The molecule has 14 N–H and O–H groups in total. The quantitative estimate of drug-likeness (QED) is 0.0743. The van der Waals surface area contributed by atoms with Crippen LogP contribution in [0.5, 0.6) is 23.0 Å². The molecule has 0 unspecified atom stereocenters. The highest BCUT2D eigenvalue weighted by atomic mass is 31.2. The summed E-state index contributed by atoms with van der Waals surface area (Å²) in [6.07, 6.45) is -5.50. The molecular formula is C22H34N2O20P4. The lowest BCUT2D eigenvalue weighted by Gasteiger charge is -2.29. The van der Waals surface area contributed by atoms with Crippen LogP contribution in [0.4, 0.5) is 0 Å². The highest BCUT2D eigenvalue weighted by Gasteiger charge is 2.36. The van der Waals surface area contributed by atoms with Gasteiger partial charge in [-0.05, 0) is 48.2 Å². The number of phenolic OH excluding ortho intramolecular Hbond substituents is 4. The van der Waals surface area contributed by atoms with Crippen molar-refractivity contribution in [3.8, 4) is 23.0 Å². The van der Waals surface area contributed by atoms with Crippen LogP contribution < -0.4 is 0 Å². The van der Waals surface area contributed by atoms with Gasteiger partial charge < -0.3 is 69.8 Å². The van der Waals surface area contributed by atoms with E-state index in [0.29, 0.717) is 9.80 Å². The van der Waals surface area contributed by atoms with Crippen molar-refractivity contribution in [3.63, 3.8) is 0 Å². The van der Waals surface area contributed by atoms with Gasteiger partial charge in [-0.1, -0.05) is 12.1 Å². The summed E-state index contributed by atoms with van der Waals surface area (Å²) >= 11 is 0. The van der Waals surface area contributed by atoms with Crippen LogP contribution >= 0.6 is 30.4 Å². The fourth-order valence-electron chi connectivity index (χ4n) is 4.01. The van der Waals surface area contributed by atoms with E-state index in [9.17, 15) is 58.5 Å². The zero-order valence-electron chi connectivity index (χ0n) is 24.3. The van der Waals surface area contributed by atoms with Crippen LogP contribution in [-0.2, 0) is 40.7 Å². The summed E-state index contributed by atoms with van der Waals surface area (Å²) in [5, 5.41) is 55.8. The van der Waals surface area contributed by atoms with Crippen molar-refractivity contribution in [1.29, 1.82) is 0 Å². The fourth-order valence-corrected chi connectivity index (χ4v) is 7.41. The Morgan fingerprint density at radius 3 is 0.938 bits per heavy atom. The minimum atomic E-state index is -4.79. The SMILES string of the molecule is O=C(O)[C@H](Cc1ccc(O)c(O)c1)N(CP(=O)(O)O)CP(=O)(O)O.O=C(O)[C@H](Cc1ccc(O)c(O)c1)N(CP(=O)(O)O)CP(=O)(O)O. The number of hydrogen-bond acceptors (Lipinski definition) is 12. The predicted molar refractivity (Wildman–Crippen MR) is 161 cm³/mol. The summed E-state index contributed by atoms with van der Waals surface area (Å²) in [6, 6.07) is 3.43. The molecule has 0 amide bonds. The normalized spacial score (nSPS) is 13.9. The molecule has 26 heteroatoms. The summed E-state index contributed by atoms with van der Waals surface area (Å²) < 4.78 is 44.6. The third-order valence-corrected chi connectivity index (χ3v) is 8.78. The van der Waals surface area contributed by atoms with Crippen molar-refractivity contribution in [1.82, 2.24) is 9.80 Å². The van der Waals surface area contributed by atoms with Gasteiger partial charge in [0.15, 0.2) is 23.0 Å². The zero-order valence-corrected chi connectivity index (χ0v) is 27.8. The fraction of sp³-hybridized carbons (Fsp3) is 0.364. The standard InChI is InChI=1S/2C11H17NO10P2/c2*13-9-2-1-7(4-10(9)14)3-8(11(15)16)12(5-23(17,18)19)6-24(20,21)22/h2*1-2,4,8,13-14H,3,5-6H2,(H,15,16)(H2,17,18,19)(H2,20,21,22)/t2*8-/m00/s1. The topological polar surface area (TPSA) is 392 Å². The van der Waals surface area contributed by atoms with Crippen molar-refractivity contribution in [2.24, 2.45) is 0 Å². The second-order valence-corrected chi connectivity index (χ2v) is 16.6. The Hall–Kier alpha value is -2.90. The minimum absolute atomic E-state index is 0.180. The molecule has 0 fully saturated rings. The lowest BCUT2D eigenvalue weighted by molar-refractivity contribution is -0.143. The maximum absolute atomic E-state index is 11.4. The molecule has 0 aliphatic carbocycles. The number of hydrogen-bond donors (Lipinski definition) is 14. The lowest BCUT2D eigenvalue weighted by atomic mass is 10.0. The number of benzene rings is 2. The van der Waals surface area contributed by atoms with Crippen molar-refractivity contribution in [2.75, 3.05) is 25.1 Å². The van der Waals surface area contributed by atoms with Gasteiger partial charge in [-0.15, -0.1) is 0 Å². The highest BCUT2D eigenvalue weighted by Crippen LogP contribution is 2.43. The van der Waals surface area contributed by atoms with Gasteiger partial charge in [-0.25, -0.2) is 0 Å². The second-order valence-electron chi connectivity index (χ2n) is 10.2. The summed E-state index contributed by atoms with van der Waals surface area (Å²) in [4.78, 5) is 95.9. The van der Waals surface area contributed by atoms with E-state index in [0.717, 1.165) is 24.3 Å². The molecule has 0 saturated carbocycles. The van der Waals surface area contributed by atoms with E-state index >= 15 is 0 Å². The van der Waals surface area contributed by atoms with E-state index in [-0.39, 0.29) is 11.1 Å². The first-order valence-corrected chi connectivity index (χ1v) is 19.9. The number of phenols is 4. The maximum Gasteiger partial charge on any atom is 0.339 e. The van der Waals surface area contributed by atoms with Gasteiger partial charge >= 0.3 is 42.3 Å². The van der Waals surface area contributed by atoms with E-state index in [1.54, 1.807) is 0 Å². The molecule has 0 spiro atoms. The van der Waals surface area contributed by atoms with E-state index in [1.807, 2.05) is 0 Å². The van der Waals surface area contributed by atoms with Crippen LogP contribution in [0.25, 0.3) is 0 Å². The predicted octanol–water partition coefficient (Wildman–Crippen LogP) is -0.668. The number of nitrogens with zero attached hydrogens (tertiary/aromatic N) is 2. The van der Waals surface area contributed by atoms with Crippen LogP contribution in [0.15, 0.2) is 36.4 Å². The molecule has 22 nitrogen and oxygen atoms in total. The molecule has 0 bridgehead atoms. The Balaban J connectivity index is 0.000000480. The number of carboxylic acid groups (broad SMARTS) is 2.